The molecule has 0 N–H and O–H groups in total. The highest BCUT2D eigenvalue weighted by Crippen LogP contribution is 2.23. The molecule has 2 aromatic rings. The molecule has 0 amide bonds. The minimum absolute atomic E-state index is 0.126. The maximum Gasteiger partial charge on any atom is 0.141 e. The number of aromatic nitrogens is 2. The smallest absolute Gasteiger partial charge is 0.141 e. The van der Waals surface area contributed by atoms with Crippen LogP contribution in [0.1, 0.15) is 11.1 Å². The molecule has 1 heterocycles. The van der Waals surface area contributed by atoms with Gasteiger partial charge in [-0.05, 0) is 23.3 Å². The zero-order valence-corrected chi connectivity index (χ0v) is 11.4. The summed E-state index contributed by atoms with van der Waals surface area (Å²) in [6.45, 7) is 0. The van der Waals surface area contributed by atoms with Crippen molar-refractivity contribution in [3.05, 3.63) is 51.8 Å². The van der Waals surface area contributed by atoms with Crippen molar-refractivity contribution in [3.8, 4) is 0 Å². The molecule has 2 rings (SSSR count). The third-order valence-electron chi connectivity index (χ3n) is 2.54. The van der Waals surface area contributed by atoms with E-state index in [1.54, 1.807) is 23.0 Å². The normalized spacial score (nSPS) is 10.6. The van der Waals surface area contributed by atoms with Gasteiger partial charge in [-0.1, -0.05) is 29.3 Å². The molecule has 0 atom stereocenters. The van der Waals surface area contributed by atoms with Gasteiger partial charge in [-0.2, -0.15) is 5.10 Å². The van der Waals surface area contributed by atoms with E-state index >= 15 is 0 Å². The van der Waals surface area contributed by atoms with E-state index in [2.05, 4.69) is 5.10 Å². The average molecular weight is 283 g/mol. The van der Waals surface area contributed by atoms with Gasteiger partial charge in [0.25, 0.3) is 0 Å². The summed E-state index contributed by atoms with van der Waals surface area (Å²) in [4.78, 5) is 11.9. The van der Waals surface area contributed by atoms with Crippen molar-refractivity contribution in [1.82, 2.24) is 9.78 Å². The van der Waals surface area contributed by atoms with Crippen LogP contribution in [0.15, 0.2) is 30.6 Å². The van der Waals surface area contributed by atoms with Gasteiger partial charge < -0.3 is 0 Å². The summed E-state index contributed by atoms with van der Waals surface area (Å²) in [6.07, 6.45) is 4.28. The third kappa shape index (κ3) is 3.34. The van der Waals surface area contributed by atoms with E-state index < -0.39 is 0 Å². The summed E-state index contributed by atoms with van der Waals surface area (Å²) in [7, 11) is 1.83. The number of aryl methyl sites for hydroxylation is 1. The van der Waals surface area contributed by atoms with Crippen molar-refractivity contribution >= 4 is 29.0 Å². The van der Waals surface area contributed by atoms with Gasteiger partial charge in [0, 0.05) is 26.1 Å². The van der Waals surface area contributed by atoms with Crippen LogP contribution < -0.4 is 0 Å². The molecule has 0 radical (unpaired) electrons. The second-order valence-electron chi connectivity index (χ2n) is 4.16. The average Bonchev–Trinajstić information content (AvgIpc) is 2.69. The third-order valence-corrected chi connectivity index (χ3v) is 3.28. The van der Waals surface area contributed by atoms with Crippen molar-refractivity contribution in [1.29, 1.82) is 0 Å². The first-order chi connectivity index (χ1) is 8.54. The molecule has 0 aliphatic heterocycles. The molecule has 18 heavy (non-hydrogen) atoms. The van der Waals surface area contributed by atoms with Crippen molar-refractivity contribution in [2.24, 2.45) is 7.05 Å². The van der Waals surface area contributed by atoms with Crippen LogP contribution in [0, 0.1) is 0 Å². The number of nitrogens with zero attached hydrogens (tertiary/aromatic N) is 2. The highest BCUT2D eigenvalue weighted by molar-refractivity contribution is 6.42. The molecular formula is C13H12Cl2N2O. The number of Topliss-reactive ketones (excluding diaryl/α,β-unsaturated/α-hetero) is 1. The first-order valence-corrected chi connectivity index (χ1v) is 6.23. The summed E-state index contributed by atoms with van der Waals surface area (Å²) in [5.74, 6) is 0.126. The maximum absolute atomic E-state index is 11.9. The van der Waals surface area contributed by atoms with Crippen LogP contribution in [0.5, 0.6) is 0 Å². The fourth-order valence-corrected chi connectivity index (χ4v) is 2.05. The largest absolute Gasteiger partial charge is 0.299 e. The standard InChI is InChI=1S/C13H12Cl2N2O/c1-17-8-10(7-16-17)5-11(18)4-9-2-3-12(14)13(15)6-9/h2-3,6-8H,4-5H2,1H3. The molecule has 5 heteroatoms. The molecule has 0 bridgehead atoms. The zero-order valence-electron chi connectivity index (χ0n) is 9.86. The van der Waals surface area contributed by atoms with E-state index in [4.69, 9.17) is 23.2 Å². The van der Waals surface area contributed by atoms with Crippen LogP contribution in [0.4, 0.5) is 0 Å². The first kappa shape index (κ1) is 13.1. The number of carbonyl (C=O) groups is 1. The van der Waals surface area contributed by atoms with Gasteiger partial charge in [0.2, 0.25) is 0 Å². The van der Waals surface area contributed by atoms with E-state index in [-0.39, 0.29) is 5.78 Å². The topological polar surface area (TPSA) is 34.9 Å². The van der Waals surface area contributed by atoms with Crippen molar-refractivity contribution in [2.75, 3.05) is 0 Å². The number of halogens is 2. The van der Waals surface area contributed by atoms with E-state index in [9.17, 15) is 4.79 Å². The Morgan fingerprint density at radius 3 is 2.56 bits per heavy atom. The van der Waals surface area contributed by atoms with Gasteiger partial charge in [0.1, 0.15) is 5.78 Å². The Morgan fingerprint density at radius 1 is 1.22 bits per heavy atom. The molecule has 0 saturated heterocycles. The van der Waals surface area contributed by atoms with Gasteiger partial charge in [0.15, 0.2) is 0 Å². The lowest BCUT2D eigenvalue weighted by Gasteiger charge is -2.02. The number of hydrogen-bond acceptors (Lipinski definition) is 2. The Morgan fingerprint density at radius 2 is 1.94 bits per heavy atom. The van der Waals surface area contributed by atoms with E-state index in [0.717, 1.165) is 11.1 Å². The molecule has 94 valence electrons. The molecule has 3 nitrogen and oxygen atoms in total. The van der Waals surface area contributed by atoms with Gasteiger partial charge >= 0.3 is 0 Å². The Balaban J connectivity index is 2.00. The van der Waals surface area contributed by atoms with Gasteiger partial charge in [0.05, 0.1) is 16.2 Å². The number of carbonyl (C=O) groups excluding carboxylic acids is 1. The molecule has 0 fully saturated rings. The van der Waals surface area contributed by atoms with E-state index in [1.807, 2.05) is 19.3 Å². The fourth-order valence-electron chi connectivity index (χ4n) is 1.73. The summed E-state index contributed by atoms with van der Waals surface area (Å²) < 4.78 is 1.68. The molecule has 0 spiro atoms. The molecule has 1 aromatic heterocycles. The van der Waals surface area contributed by atoms with Crippen LogP contribution in [-0.4, -0.2) is 15.6 Å². The van der Waals surface area contributed by atoms with E-state index in [0.29, 0.717) is 22.9 Å². The van der Waals surface area contributed by atoms with Crippen molar-refractivity contribution in [2.45, 2.75) is 12.8 Å². The summed E-state index contributed by atoms with van der Waals surface area (Å²) in [5, 5.41) is 5.00. The van der Waals surface area contributed by atoms with Crippen LogP contribution >= 0.6 is 23.2 Å². The van der Waals surface area contributed by atoms with Crippen molar-refractivity contribution < 1.29 is 4.79 Å². The molecule has 0 aliphatic rings. The van der Waals surface area contributed by atoms with E-state index in [1.165, 1.54) is 0 Å². The quantitative estimate of drug-likeness (QED) is 0.864. The Labute approximate surface area is 115 Å². The van der Waals surface area contributed by atoms with Gasteiger partial charge in [-0.15, -0.1) is 0 Å². The Bertz CT molecular complexity index is 578. The SMILES string of the molecule is Cn1cc(CC(=O)Cc2ccc(Cl)c(Cl)c2)cn1. The Kier molecular flexibility index (Phi) is 4.04. The lowest BCUT2D eigenvalue weighted by atomic mass is 10.0. The molecule has 0 aliphatic carbocycles. The molecule has 0 saturated carbocycles. The lowest BCUT2D eigenvalue weighted by molar-refractivity contribution is -0.117. The van der Waals surface area contributed by atoms with Gasteiger partial charge in [-0.3, -0.25) is 9.48 Å². The summed E-state index contributed by atoms with van der Waals surface area (Å²) in [6, 6.07) is 5.25. The lowest BCUT2D eigenvalue weighted by Crippen LogP contribution is -2.06. The Hall–Kier alpha value is -1.32. The number of benzene rings is 1. The highest BCUT2D eigenvalue weighted by atomic mass is 35.5. The van der Waals surface area contributed by atoms with Crippen molar-refractivity contribution in [3.63, 3.8) is 0 Å². The number of ketones is 1. The summed E-state index contributed by atoms with van der Waals surface area (Å²) >= 11 is 11.7. The minimum atomic E-state index is 0.126. The predicted octanol–water partition coefficient (Wildman–Crippen LogP) is 3.08. The number of rotatable bonds is 4. The van der Waals surface area contributed by atoms with Gasteiger partial charge in [-0.25, -0.2) is 0 Å². The second-order valence-corrected chi connectivity index (χ2v) is 4.98. The van der Waals surface area contributed by atoms with Crippen LogP contribution in [0.2, 0.25) is 10.0 Å². The zero-order chi connectivity index (χ0) is 13.1. The van der Waals surface area contributed by atoms with Crippen LogP contribution in [-0.2, 0) is 24.7 Å². The predicted molar refractivity (Wildman–Crippen MR) is 72.1 cm³/mol. The fraction of sp³-hybridized carbons (Fsp3) is 0.231. The maximum atomic E-state index is 11.9. The molecule has 1 aromatic carbocycles. The first-order valence-electron chi connectivity index (χ1n) is 5.48. The highest BCUT2D eigenvalue weighted by Gasteiger charge is 2.08. The number of hydrogen-bond donors (Lipinski definition) is 0. The molecular weight excluding hydrogens is 271 g/mol. The second kappa shape index (κ2) is 5.55. The molecule has 0 unspecified atom stereocenters. The minimum Gasteiger partial charge on any atom is -0.299 e. The summed E-state index contributed by atoms with van der Waals surface area (Å²) in [5.41, 5.74) is 1.79. The van der Waals surface area contributed by atoms with Crippen LogP contribution in [0.25, 0.3) is 0 Å². The monoisotopic (exact) mass is 282 g/mol. The van der Waals surface area contributed by atoms with Crippen LogP contribution in [0.3, 0.4) is 0 Å².